The van der Waals surface area contributed by atoms with Gasteiger partial charge in [-0.1, -0.05) is 0 Å². The molecular formula is C10H17F3N2O2. The van der Waals surface area contributed by atoms with Crippen LogP contribution >= 0.6 is 0 Å². The summed E-state index contributed by atoms with van der Waals surface area (Å²) in [6, 6.07) is 0. The second-order valence-electron chi connectivity index (χ2n) is 4.43. The maximum atomic E-state index is 12.6. The fourth-order valence-corrected chi connectivity index (χ4v) is 1.74. The van der Waals surface area contributed by atoms with Crippen molar-refractivity contribution in [1.82, 2.24) is 4.90 Å². The zero-order valence-corrected chi connectivity index (χ0v) is 9.88. The van der Waals surface area contributed by atoms with Crippen LogP contribution in [-0.2, 0) is 9.53 Å². The number of nitrogens with two attached hydrogens (primary N) is 1. The van der Waals surface area contributed by atoms with Gasteiger partial charge in [0.1, 0.15) is 0 Å². The van der Waals surface area contributed by atoms with Crippen LogP contribution in [0.15, 0.2) is 0 Å². The highest BCUT2D eigenvalue weighted by molar-refractivity contribution is 5.86. The number of amides is 1. The van der Waals surface area contributed by atoms with E-state index in [0.717, 1.165) is 4.90 Å². The first-order valence-corrected chi connectivity index (χ1v) is 5.38. The molecular weight excluding hydrogens is 237 g/mol. The number of halogens is 3. The third-order valence-electron chi connectivity index (χ3n) is 3.10. The van der Waals surface area contributed by atoms with Crippen LogP contribution in [0.25, 0.3) is 0 Å². The minimum absolute atomic E-state index is 0.00830. The Morgan fingerprint density at radius 2 is 1.82 bits per heavy atom. The largest absolute Gasteiger partial charge is 0.415 e. The summed E-state index contributed by atoms with van der Waals surface area (Å²) in [7, 11) is 1.55. The van der Waals surface area contributed by atoms with Crippen LogP contribution in [0.1, 0.15) is 19.8 Å². The number of carbonyl (C=O) groups excluding carboxylic acids is 1. The monoisotopic (exact) mass is 254 g/mol. The van der Waals surface area contributed by atoms with E-state index in [-0.39, 0.29) is 19.2 Å². The molecule has 0 aromatic heterocycles. The Balaban J connectivity index is 2.66. The van der Waals surface area contributed by atoms with Crippen molar-refractivity contribution >= 4 is 5.91 Å². The van der Waals surface area contributed by atoms with Crippen LogP contribution in [0.5, 0.6) is 0 Å². The van der Waals surface area contributed by atoms with Gasteiger partial charge in [-0.15, -0.1) is 0 Å². The molecule has 0 aromatic rings. The number of likely N-dealkylation sites (tertiary alicyclic amines) is 1. The van der Waals surface area contributed by atoms with Crippen molar-refractivity contribution in [2.75, 3.05) is 20.2 Å². The van der Waals surface area contributed by atoms with Crippen molar-refractivity contribution < 1.29 is 22.7 Å². The van der Waals surface area contributed by atoms with Crippen molar-refractivity contribution in [3.05, 3.63) is 0 Å². The van der Waals surface area contributed by atoms with E-state index in [1.807, 2.05) is 0 Å². The molecule has 4 nitrogen and oxygen atoms in total. The molecule has 1 aliphatic rings. The fraction of sp³-hybridized carbons (Fsp3) is 0.900. The number of rotatable bonds is 2. The molecule has 0 spiro atoms. The summed E-state index contributed by atoms with van der Waals surface area (Å²) in [6.45, 7) is 1.21. The molecule has 1 unspecified atom stereocenters. The Morgan fingerprint density at radius 1 is 1.35 bits per heavy atom. The Morgan fingerprint density at radius 3 is 2.18 bits per heavy atom. The maximum absolute atomic E-state index is 12.6. The second-order valence-corrected chi connectivity index (χ2v) is 4.43. The van der Waals surface area contributed by atoms with E-state index in [0.29, 0.717) is 19.8 Å². The average molecular weight is 254 g/mol. The Bertz CT molecular complexity index is 284. The number of methoxy groups -OCH3 is 1. The standard InChI is InChI=1S/C10H17F3N2O2/c1-9(14,10(11,12)13)8(16)15-5-3-7(17-2)4-6-15/h7H,3-6,14H2,1-2H3. The molecule has 1 aliphatic heterocycles. The van der Waals surface area contributed by atoms with E-state index in [9.17, 15) is 18.0 Å². The molecule has 1 fully saturated rings. The van der Waals surface area contributed by atoms with E-state index in [1.54, 1.807) is 7.11 Å². The highest BCUT2D eigenvalue weighted by atomic mass is 19.4. The summed E-state index contributed by atoms with van der Waals surface area (Å²) in [4.78, 5) is 12.9. The lowest BCUT2D eigenvalue weighted by Gasteiger charge is -2.37. The smallest absolute Gasteiger partial charge is 0.381 e. The zero-order valence-electron chi connectivity index (χ0n) is 9.88. The third-order valence-corrected chi connectivity index (χ3v) is 3.10. The van der Waals surface area contributed by atoms with Crippen molar-refractivity contribution in [2.24, 2.45) is 5.73 Å². The van der Waals surface area contributed by atoms with Gasteiger partial charge in [-0.25, -0.2) is 0 Å². The molecule has 1 saturated heterocycles. The Kier molecular flexibility index (Phi) is 4.03. The molecule has 100 valence electrons. The lowest BCUT2D eigenvalue weighted by molar-refractivity contribution is -0.194. The Labute approximate surface area is 97.9 Å². The first-order chi connectivity index (χ1) is 7.70. The van der Waals surface area contributed by atoms with Crippen LogP contribution in [0, 0.1) is 0 Å². The molecule has 1 amide bonds. The minimum atomic E-state index is -4.73. The number of piperidine rings is 1. The van der Waals surface area contributed by atoms with E-state index >= 15 is 0 Å². The highest BCUT2D eigenvalue weighted by Gasteiger charge is 2.55. The molecule has 7 heteroatoms. The second kappa shape index (κ2) is 4.81. The van der Waals surface area contributed by atoms with Gasteiger partial charge in [0.05, 0.1) is 6.10 Å². The molecule has 0 saturated carbocycles. The lowest BCUT2D eigenvalue weighted by Crippen LogP contribution is -2.63. The van der Waals surface area contributed by atoms with E-state index in [4.69, 9.17) is 10.5 Å². The van der Waals surface area contributed by atoms with Crippen LogP contribution in [0.3, 0.4) is 0 Å². The van der Waals surface area contributed by atoms with Gasteiger partial charge in [0.2, 0.25) is 0 Å². The van der Waals surface area contributed by atoms with Gasteiger partial charge in [0, 0.05) is 20.2 Å². The highest BCUT2D eigenvalue weighted by Crippen LogP contribution is 2.30. The summed E-state index contributed by atoms with van der Waals surface area (Å²) in [5.41, 5.74) is 2.28. The van der Waals surface area contributed by atoms with Crippen molar-refractivity contribution in [1.29, 1.82) is 0 Å². The molecule has 0 aromatic carbocycles. The van der Waals surface area contributed by atoms with Gasteiger partial charge >= 0.3 is 6.18 Å². The maximum Gasteiger partial charge on any atom is 0.415 e. The molecule has 1 atom stereocenters. The van der Waals surface area contributed by atoms with Gasteiger partial charge in [0.15, 0.2) is 5.54 Å². The summed E-state index contributed by atoms with van der Waals surface area (Å²) in [6.07, 6.45) is -3.65. The summed E-state index contributed by atoms with van der Waals surface area (Å²) >= 11 is 0. The zero-order chi connectivity index (χ0) is 13.3. The molecule has 17 heavy (non-hydrogen) atoms. The van der Waals surface area contributed by atoms with Crippen LogP contribution in [0.2, 0.25) is 0 Å². The predicted molar refractivity (Wildman–Crippen MR) is 55.3 cm³/mol. The van der Waals surface area contributed by atoms with Crippen molar-refractivity contribution in [2.45, 2.75) is 37.6 Å². The summed E-state index contributed by atoms with van der Waals surface area (Å²) < 4.78 is 42.8. The SMILES string of the molecule is COC1CCN(C(=O)C(C)(N)C(F)(F)F)CC1. The molecule has 0 bridgehead atoms. The Hall–Kier alpha value is -0.820. The quantitative estimate of drug-likeness (QED) is 0.796. The number of hydrogen-bond donors (Lipinski definition) is 1. The van der Waals surface area contributed by atoms with Gasteiger partial charge in [0.25, 0.3) is 5.91 Å². The van der Waals surface area contributed by atoms with Crippen LogP contribution in [0.4, 0.5) is 13.2 Å². The predicted octanol–water partition coefficient (Wildman–Crippen LogP) is 0.904. The number of hydrogen-bond acceptors (Lipinski definition) is 3. The molecule has 2 N–H and O–H groups in total. The topological polar surface area (TPSA) is 55.6 Å². The number of carbonyl (C=O) groups is 1. The number of nitrogens with zero attached hydrogens (tertiary/aromatic N) is 1. The lowest BCUT2D eigenvalue weighted by atomic mass is 9.98. The molecule has 1 rings (SSSR count). The first-order valence-electron chi connectivity index (χ1n) is 5.38. The number of alkyl halides is 3. The summed E-state index contributed by atoms with van der Waals surface area (Å²) in [5.74, 6) is -1.07. The van der Waals surface area contributed by atoms with Crippen molar-refractivity contribution in [3.63, 3.8) is 0 Å². The molecule has 0 radical (unpaired) electrons. The number of ether oxygens (including phenoxy) is 1. The van der Waals surface area contributed by atoms with E-state index in [2.05, 4.69) is 0 Å². The van der Waals surface area contributed by atoms with Crippen LogP contribution < -0.4 is 5.73 Å². The molecule has 0 aliphatic carbocycles. The van der Waals surface area contributed by atoms with Gasteiger partial charge in [-0.3, -0.25) is 4.79 Å². The summed E-state index contributed by atoms with van der Waals surface area (Å²) in [5, 5.41) is 0. The minimum Gasteiger partial charge on any atom is -0.381 e. The van der Waals surface area contributed by atoms with Gasteiger partial charge in [-0.05, 0) is 19.8 Å². The van der Waals surface area contributed by atoms with E-state index in [1.165, 1.54) is 0 Å². The van der Waals surface area contributed by atoms with Crippen molar-refractivity contribution in [3.8, 4) is 0 Å². The van der Waals surface area contributed by atoms with Gasteiger partial charge < -0.3 is 15.4 Å². The molecule has 1 heterocycles. The van der Waals surface area contributed by atoms with E-state index < -0.39 is 17.6 Å². The first kappa shape index (κ1) is 14.2. The van der Waals surface area contributed by atoms with Gasteiger partial charge in [-0.2, -0.15) is 13.2 Å². The fourth-order valence-electron chi connectivity index (χ4n) is 1.74. The van der Waals surface area contributed by atoms with Crippen LogP contribution in [-0.4, -0.2) is 48.8 Å². The third kappa shape index (κ3) is 2.90. The average Bonchev–Trinajstić information content (AvgIpc) is 2.26. The normalized spacial score (nSPS) is 22.4.